The van der Waals surface area contributed by atoms with Crippen LogP contribution < -0.4 is 15.8 Å². The molecule has 12 heteroatoms. The zero-order chi connectivity index (χ0) is 26.9. The molecule has 5 heterocycles. The summed E-state index contributed by atoms with van der Waals surface area (Å²) in [5.74, 6) is 1.38. The Kier molecular flexibility index (Phi) is 6.37. The minimum atomic E-state index is -0.226. The van der Waals surface area contributed by atoms with Crippen molar-refractivity contribution in [2.75, 3.05) is 43.4 Å². The summed E-state index contributed by atoms with van der Waals surface area (Å²) in [5.41, 5.74) is 2.84. The molecule has 1 N–H and O–H groups in total. The Bertz CT molecular complexity index is 1690. The van der Waals surface area contributed by atoms with E-state index in [0.29, 0.717) is 34.3 Å². The Balaban J connectivity index is 1.35. The molecule has 4 aromatic heterocycles. The molecule has 1 saturated heterocycles. The number of nitrogens with one attached hydrogen (secondary N) is 1. The van der Waals surface area contributed by atoms with Crippen LogP contribution in [0.2, 0.25) is 0 Å². The SMILES string of the molecule is C=CCn1c(=O)c2cnc(Nc3ccc(N4CCN(C)CC4)cc3)nc2n1-c1cccc(-c2ncn(C)n2)n1. The Morgan fingerprint density at radius 1 is 1.00 bits per heavy atom. The summed E-state index contributed by atoms with van der Waals surface area (Å²) in [7, 11) is 3.95. The number of allylic oxidation sites excluding steroid dienone is 1. The summed E-state index contributed by atoms with van der Waals surface area (Å²) in [6.45, 7) is 8.22. The number of aryl methyl sites for hydroxylation is 1. The van der Waals surface area contributed by atoms with Gasteiger partial charge in [-0.25, -0.2) is 24.3 Å². The Morgan fingerprint density at radius 2 is 1.79 bits per heavy atom. The van der Waals surface area contributed by atoms with Crippen molar-refractivity contribution in [1.29, 1.82) is 0 Å². The highest BCUT2D eigenvalue weighted by Gasteiger charge is 2.19. The number of pyridine rings is 1. The molecule has 1 aliphatic heterocycles. The average molecular weight is 524 g/mol. The van der Waals surface area contributed by atoms with Crippen LogP contribution in [-0.4, -0.2) is 77.2 Å². The van der Waals surface area contributed by atoms with E-state index in [1.54, 1.807) is 39.7 Å². The first kappa shape index (κ1) is 24.5. The van der Waals surface area contributed by atoms with Gasteiger partial charge in [-0.15, -0.1) is 11.7 Å². The zero-order valence-electron chi connectivity index (χ0n) is 21.9. The maximum absolute atomic E-state index is 13.3. The van der Waals surface area contributed by atoms with E-state index in [0.717, 1.165) is 31.9 Å². The van der Waals surface area contributed by atoms with Crippen molar-refractivity contribution >= 4 is 28.4 Å². The fourth-order valence-corrected chi connectivity index (χ4v) is 4.68. The van der Waals surface area contributed by atoms with Gasteiger partial charge in [-0.1, -0.05) is 12.1 Å². The van der Waals surface area contributed by atoms with Crippen LogP contribution in [0.5, 0.6) is 0 Å². The molecule has 0 spiro atoms. The third-order valence-corrected chi connectivity index (χ3v) is 6.75. The quantitative estimate of drug-likeness (QED) is 0.321. The number of piperazine rings is 1. The summed E-state index contributed by atoms with van der Waals surface area (Å²) >= 11 is 0. The molecule has 39 heavy (non-hydrogen) atoms. The van der Waals surface area contributed by atoms with E-state index in [9.17, 15) is 4.79 Å². The highest BCUT2D eigenvalue weighted by molar-refractivity contribution is 5.77. The van der Waals surface area contributed by atoms with Crippen LogP contribution in [0.15, 0.2) is 72.4 Å². The third kappa shape index (κ3) is 4.77. The number of hydrogen-bond donors (Lipinski definition) is 1. The van der Waals surface area contributed by atoms with Crippen molar-refractivity contribution in [3.8, 4) is 17.3 Å². The Labute approximate surface area is 224 Å². The van der Waals surface area contributed by atoms with Gasteiger partial charge in [0.1, 0.15) is 17.4 Å². The van der Waals surface area contributed by atoms with Crippen LogP contribution in [-0.2, 0) is 13.6 Å². The van der Waals surface area contributed by atoms with E-state index in [-0.39, 0.29) is 12.1 Å². The van der Waals surface area contributed by atoms with Gasteiger partial charge in [-0.3, -0.25) is 9.48 Å². The van der Waals surface area contributed by atoms with E-state index in [1.165, 1.54) is 5.69 Å². The van der Waals surface area contributed by atoms with Crippen molar-refractivity contribution < 1.29 is 0 Å². The molecule has 1 fully saturated rings. The van der Waals surface area contributed by atoms with E-state index in [1.807, 2.05) is 30.3 Å². The van der Waals surface area contributed by atoms with Crippen molar-refractivity contribution in [2.24, 2.45) is 7.05 Å². The molecule has 0 aliphatic carbocycles. The van der Waals surface area contributed by atoms with Gasteiger partial charge in [-0.05, 0) is 43.4 Å². The first-order chi connectivity index (χ1) is 19.0. The van der Waals surface area contributed by atoms with E-state index >= 15 is 0 Å². The molecular formula is C27H29N11O. The number of anilines is 3. The number of rotatable bonds is 7. The first-order valence-electron chi connectivity index (χ1n) is 12.7. The molecule has 0 unspecified atom stereocenters. The molecule has 0 radical (unpaired) electrons. The molecule has 0 amide bonds. The highest BCUT2D eigenvalue weighted by Crippen LogP contribution is 2.23. The second-order valence-electron chi connectivity index (χ2n) is 9.50. The van der Waals surface area contributed by atoms with Crippen molar-refractivity contribution in [2.45, 2.75) is 6.54 Å². The van der Waals surface area contributed by atoms with Gasteiger partial charge in [0.2, 0.25) is 5.95 Å². The van der Waals surface area contributed by atoms with E-state index < -0.39 is 0 Å². The van der Waals surface area contributed by atoms with Crippen LogP contribution in [0, 0.1) is 0 Å². The highest BCUT2D eigenvalue weighted by atomic mass is 16.1. The van der Waals surface area contributed by atoms with Gasteiger partial charge in [0.05, 0.1) is 6.54 Å². The fraction of sp³-hybridized carbons (Fsp3) is 0.259. The van der Waals surface area contributed by atoms with Crippen molar-refractivity contribution in [3.63, 3.8) is 0 Å². The van der Waals surface area contributed by atoms with E-state index in [2.05, 4.69) is 55.9 Å². The molecule has 6 rings (SSSR count). The lowest BCUT2D eigenvalue weighted by atomic mass is 10.2. The molecule has 5 aromatic rings. The van der Waals surface area contributed by atoms with Crippen LogP contribution in [0.1, 0.15) is 0 Å². The topological polar surface area (TPSA) is 115 Å². The number of aromatic nitrogens is 8. The van der Waals surface area contributed by atoms with Gasteiger partial charge in [0.15, 0.2) is 17.3 Å². The van der Waals surface area contributed by atoms with Gasteiger partial charge in [0.25, 0.3) is 5.56 Å². The predicted octanol–water partition coefficient (Wildman–Crippen LogP) is 2.45. The summed E-state index contributed by atoms with van der Waals surface area (Å²) in [6.07, 6.45) is 4.83. The van der Waals surface area contributed by atoms with Gasteiger partial charge < -0.3 is 15.1 Å². The fourth-order valence-electron chi connectivity index (χ4n) is 4.68. The number of nitrogens with zero attached hydrogens (tertiary/aromatic N) is 10. The smallest absolute Gasteiger partial charge is 0.278 e. The number of hydrogen-bond acceptors (Lipinski definition) is 9. The molecule has 1 aromatic carbocycles. The number of likely N-dealkylation sites (N-methyl/N-ethyl adjacent to an activating group) is 1. The predicted molar refractivity (Wildman–Crippen MR) is 151 cm³/mol. The number of fused-ring (bicyclic) bond motifs is 1. The molecule has 0 atom stereocenters. The summed E-state index contributed by atoms with van der Waals surface area (Å²) in [5, 5.41) is 8.01. The molecular weight excluding hydrogens is 494 g/mol. The van der Waals surface area contributed by atoms with Crippen LogP contribution in [0.4, 0.5) is 17.3 Å². The van der Waals surface area contributed by atoms with E-state index in [4.69, 9.17) is 9.97 Å². The average Bonchev–Trinajstić information content (AvgIpc) is 3.51. The lowest BCUT2D eigenvalue weighted by Crippen LogP contribution is -2.44. The monoisotopic (exact) mass is 523 g/mol. The Morgan fingerprint density at radius 3 is 2.51 bits per heavy atom. The maximum Gasteiger partial charge on any atom is 0.278 e. The van der Waals surface area contributed by atoms with Crippen molar-refractivity contribution in [1.82, 2.24) is 44.0 Å². The normalized spacial score (nSPS) is 14.2. The lowest BCUT2D eigenvalue weighted by molar-refractivity contribution is 0.313. The van der Waals surface area contributed by atoms with Crippen LogP contribution >= 0.6 is 0 Å². The summed E-state index contributed by atoms with van der Waals surface area (Å²) in [6, 6.07) is 13.7. The minimum absolute atomic E-state index is 0.226. The largest absolute Gasteiger partial charge is 0.369 e. The standard InChI is InChI=1S/C27H29N11O/c1-4-12-37-26(39)21-17-28-27(30-19-8-10-20(11-9-19)36-15-13-34(2)14-16-36)32-25(21)38(37)23-7-5-6-22(31-23)24-29-18-35(3)33-24/h4-11,17-18H,1,12-16H2,2-3H3,(H,28,30,32). The molecule has 12 nitrogen and oxygen atoms in total. The summed E-state index contributed by atoms with van der Waals surface area (Å²) < 4.78 is 4.85. The van der Waals surface area contributed by atoms with Gasteiger partial charge in [-0.2, -0.15) is 4.98 Å². The van der Waals surface area contributed by atoms with Crippen LogP contribution in [0.3, 0.4) is 0 Å². The summed E-state index contributed by atoms with van der Waals surface area (Å²) in [4.78, 5) is 36.2. The molecule has 1 aliphatic rings. The van der Waals surface area contributed by atoms with Gasteiger partial charge in [0, 0.05) is 50.8 Å². The lowest BCUT2D eigenvalue weighted by Gasteiger charge is -2.34. The van der Waals surface area contributed by atoms with Crippen molar-refractivity contribution in [3.05, 3.63) is 78.0 Å². The third-order valence-electron chi connectivity index (χ3n) is 6.75. The maximum atomic E-state index is 13.3. The second kappa shape index (κ2) is 10.1. The molecule has 0 bridgehead atoms. The van der Waals surface area contributed by atoms with Gasteiger partial charge >= 0.3 is 0 Å². The Hall–Kier alpha value is -4.84. The zero-order valence-corrected chi connectivity index (χ0v) is 21.9. The second-order valence-corrected chi connectivity index (χ2v) is 9.50. The minimum Gasteiger partial charge on any atom is -0.369 e. The first-order valence-corrected chi connectivity index (χ1v) is 12.7. The molecule has 198 valence electrons. The van der Waals surface area contributed by atoms with Crippen LogP contribution in [0.25, 0.3) is 28.4 Å². The molecule has 0 saturated carbocycles. The number of benzene rings is 1.